The molecule has 1 aliphatic rings. The molecule has 1 aliphatic carbocycles. The number of benzene rings is 1. The van der Waals surface area contributed by atoms with Gasteiger partial charge in [-0.05, 0) is 30.7 Å². The molecule has 0 heterocycles. The maximum absolute atomic E-state index is 12.1. The number of Topliss-reactive ketones (excluding diaryl/α,β-unsaturated/α-hetero) is 1. The third kappa shape index (κ3) is 4.46. The molecule has 1 N–H and O–H groups in total. The molecule has 0 unspecified atom stereocenters. The van der Waals surface area contributed by atoms with Gasteiger partial charge in [0.25, 0.3) is 0 Å². The molecule has 2 rings (SSSR count). The average Bonchev–Trinajstić information content (AvgIpc) is 2.89. The Balaban J connectivity index is 1.84. The zero-order valence-corrected chi connectivity index (χ0v) is 12.1. The zero-order valence-electron chi connectivity index (χ0n) is 12.1. The lowest BCUT2D eigenvalue weighted by molar-refractivity contribution is 0.0987. The Bertz CT molecular complexity index is 402. The molecule has 1 fully saturated rings. The largest absolute Gasteiger partial charge is 0.307 e. The molecule has 0 aromatic heterocycles. The second-order valence-corrected chi connectivity index (χ2v) is 6.08. The first-order valence-electron chi connectivity index (χ1n) is 7.50. The minimum atomic E-state index is 0.211. The van der Waals surface area contributed by atoms with Crippen LogP contribution in [0, 0.1) is 5.92 Å². The van der Waals surface area contributed by atoms with Gasteiger partial charge in [0.2, 0.25) is 0 Å². The lowest BCUT2D eigenvalue weighted by Gasteiger charge is -2.11. The van der Waals surface area contributed by atoms with Gasteiger partial charge in [0.15, 0.2) is 5.78 Å². The molecule has 0 amide bonds. The normalized spacial score (nSPS) is 16.2. The second kappa shape index (κ2) is 6.85. The van der Waals surface area contributed by atoms with Crippen molar-refractivity contribution in [2.24, 2.45) is 5.92 Å². The predicted octanol–water partition coefficient (Wildman–Crippen LogP) is 3.60. The lowest BCUT2D eigenvalue weighted by atomic mass is 10.0. The highest BCUT2D eigenvalue weighted by atomic mass is 16.1. The van der Waals surface area contributed by atoms with Crippen LogP contribution >= 0.6 is 0 Å². The van der Waals surface area contributed by atoms with E-state index in [0.29, 0.717) is 18.5 Å². The van der Waals surface area contributed by atoms with Crippen LogP contribution in [-0.4, -0.2) is 18.4 Å². The maximum Gasteiger partial charge on any atom is 0.176 e. The van der Waals surface area contributed by atoms with E-state index >= 15 is 0 Å². The fourth-order valence-electron chi connectivity index (χ4n) is 2.77. The van der Waals surface area contributed by atoms with Crippen LogP contribution in [-0.2, 0) is 6.42 Å². The zero-order chi connectivity index (χ0) is 13.7. The van der Waals surface area contributed by atoms with Crippen molar-refractivity contribution < 1.29 is 4.79 Å². The average molecular weight is 259 g/mol. The standard InChI is InChI=1S/C17H25NO/c1-13(2)11-14-7-9-15(10-8-14)17(19)12-18-16-5-3-4-6-16/h7-10,13,16,18H,3-6,11-12H2,1-2H3. The van der Waals surface area contributed by atoms with Gasteiger partial charge >= 0.3 is 0 Å². The Hall–Kier alpha value is -1.15. The van der Waals surface area contributed by atoms with Crippen molar-refractivity contribution in [3.8, 4) is 0 Å². The number of carbonyl (C=O) groups excluding carboxylic acids is 1. The lowest BCUT2D eigenvalue weighted by Crippen LogP contribution is -2.31. The number of rotatable bonds is 6. The Labute approximate surface area is 116 Å². The van der Waals surface area contributed by atoms with E-state index in [9.17, 15) is 4.79 Å². The van der Waals surface area contributed by atoms with Crippen LogP contribution in [0.2, 0.25) is 0 Å². The number of hydrogen-bond acceptors (Lipinski definition) is 2. The molecular weight excluding hydrogens is 234 g/mol. The number of ketones is 1. The molecule has 2 nitrogen and oxygen atoms in total. The smallest absolute Gasteiger partial charge is 0.176 e. The van der Waals surface area contributed by atoms with Crippen molar-refractivity contribution >= 4 is 5.78 Å². The summed E-state index contributed by atoms with van der Waals surface area (Å²) in [6.07, 6.45) is 6.13. The summed E-state index contributed by atoms with van der Waals surface area (Å²) < 4.78 is 0. The highest BCUT2D eigenvalue weighted by Crippen LogP contribution is 2.17. The molecule has 0 bridgehead atoms. The second-order valence-electron chi connectivity index (χ2n) is 6.08. The van der Waals surface area contributed by atoms with Crippen molar-refractivity contribution in [2.45, 2.75) is 52.0 Å². The SMILES string of the molecule is CC(C)Cc1ccc(C(=O)CNC2CCCC2)cc1. The first-order valence-corrected chi connectivity index (χ1v) is 7.50. The summed E-state index contributed by atoms with van der Waals surface area (Å²) in [5.74, 6) is 0.869. The van der Waals surface area contributed by atoms with Gasteiger partial charge in [-0.2, -0.15) is 0 Å². The number of carbonyl (C=O) groups is 1. The van der Waals surface area contributed by atoms with E-state index in [1.165, 1.54) is 31.2 Å². The molecule has 1 aromatic carbocycles. The van der Waals surface area contributed by atoms with Crippen molar-refractivity contribution in [1.82, 2.24) is 5.32 Å². The van der Waals surface area contributed by atoms with Gasteiger partial charge in [-0.1, -0.05) is 51.0 Å². The summed E-state index contributed by atoms with van der Waals surface area (Å²) >= 11 is 0. The van der Waals surface area contributed by atoms with E-state index in [0.717, 1.165) is 12.0 Å². The molecule has 104 valence electrons. The van der Waals surface area contributed by atoms with Crippen LogP contribution in [0.25, 0.3) is 0 Å². The summed E-state index contributed by atoms with van der Waals surface area (Å²) in [5, 5.41) is 3.38. The third-order valence-corrected chi connectivity index (χ3v) is 3.83. The first-order chi connectivity index (χ1) is 9.15. The fourth-order valence-corrected chi connectivity index (χ4v) is 2.77. The van der Waals surface area contributed by atoms with Crippen LogP contribution < -0.4 is 5.32 Å². The molecule has 0 atom stereocenters. The minimum absolute atomic E-state index is 0.211. The molecule has 0 radical (unpaired) electrons. The van der Waals surface area contributed by atoms with E-state index < -0.39 is 0 Å². The Kier molecular flexibility index (Phi) is 5.15. The summed E-state index contributed by atoms with van der Waals surface area (Å²) in [6, 6.07) is 8.67. The quantitative estimate of drug-likeness (QED) is 0.791. The summed E-state index contributed by atoms with van der Waals surface area (Å²) in [5.41, 5.74) is 2.15. The molecular formula is C17H25NO. The van der Waals surface area contributed by atoms with Crippen LogP contribution in [0.3, 0.4) is 0 Å². The summed E-state index contributed by atoms with van der Waals surface area (Å²) in [4.78, 5) is 12.1. The van der Waals surface area contributed by atoms with Crippen molar-refractivity contribution in [1.29, 1.82) is 0 Å². The van der Waals surface area contributed by atoms with E-state index in [1.54, 1.807) is 0 Å². The maximum atomic E-state index is 12.1. The Morgan fingerprint density at radius 1 is 1.21 bits per heavy atom. The highest BCUT2D eigenvalue weighted by molar-refractivity contribution is 5.97. The van der Waals surface area contributed by atoms with E-state index in [4.69, 9.17) is 0 Å². The molecule has 0 spiro atoms. The van der Waals surface area contributed by atoms with Crippen molar-refractivity contribution in [3.05, 3.63) is 35.4 Å². The monoisotopic (exact) mass is 259 g/mol. The van der Waals surface area contributed by atoms with Gasteiger partial charge < -0.3 is 5.32 Å². The molecule has 1 aromatic rings. The van der Waals surface area contributed by atoms with E-state index in [2.05, 4.69) is 31.3 Å². The van der Waals surface area contributed by atoms with Gasteiger partial charge in [-0.15, -0.1) is 0 Å². The van der Waals surface area contributed by atoms with E-state index in [1.807, 2.05) is 12.1 Å². The minimum Gasteiger partial charge on any atom is -0.307 e. The van der Waals surface area contributed by atoms with Crippen LogP contribution in [0.5, 0.6) is 0 Å². The summed E-state index contributed by atoms with van der Waals surface area (Å²) in [7, 11) is 0. The molecule has 0 aliphatic heterocycles. The number of hydrogen-bond donors (Lipinski definition) is 1. The van der Waals surface area contributed by atoms with Crippen molar-refractivity contribution in [3.63, 3.8) is 0 Å². The fraction of sp³-hybridized carbons (Fsp3) is 0.588. The van der Waals surface area contributed by atoms with Gasteiger partial charge in [0.1, 0.15) is 0 Å². The topological polar surface area (TPSA) is 29.1 Å². The predicted molar refractivity (Wildman–Crippen MR) is 79.6 cm³/mol. The molecule has 2 heteroatoms. The molecule has 19 heavy (non-hydrogen) atoms. The van der Waals surface area contributed by atoms with Gasteiger partial charge in [0, 0.05) is 11.6 Å². The first kappa shape index (κ1) is 14.3. The van der Waals surface area contributed by atoms with Gasteiger partial charge in [-0.25, -0.2) is 0 Å². The van der Waals surface area contributed by atoms with Crippen LogP contribution in [0.15, 0.2) is 24.3 Å². The van der Waals surface area contributed by atoms with Gasteiger partial charge in [0.05, 0.1) is 6.54 Å². The van der Waals surface area contributed by atoms with E-state index in [-0.39, 0.29) is 5.78 Å². The van der Waals surface area contributed by atoms with Gasteiger partial charge in [-0.3, -0.25) is 4.79 Å². The Morgan fingerprint density at radius 3 is 2.42 bits per heavy atom. The van der Waals surface area contributed by atoms with Crippen molar-refractivity contribution in [2.75, 3.05) is 6.54 Å². The van der Waals surface area contributed by atoms with Crippen LogP contribution in [0.1, 0.15) is 55.5 Å². The van der Waals surface area contributed by atoms with Crippen LogP contribution in [0.4, 0.5) is 0 Å². The molecule has 0 saturated heterocycles. The highest BCUT2D eigenvalue weighted by Gasteiger charge is 2.15. The summed E-state index contributed by atoms with van der Waals surface area (Å²) in [6.45, 7) is 4.91. The third-order valence-electron chi connectivity index (χ3n) is 3.83. The number of nitrogens with one attached hydrogen (secondary N) is 1. The molecule has 1 saturated carbocycles. The Morgan fingerprint density at radius 2 is 1.84 bits per heavy atom.